The second-order valence-corrected chi connectivity index (χ2v) is 15.5. The van der Waals surface area contributed by atoms with E-state index in [1.807, 2.05) is 11.6 Å². The van der Waals surface area contributed by atoms with E-state index in [0.29, 0.717) is 48.2 Å². The number of nitrogens with zero attached hydrogens (tertiary/aromatic N) is 8. The van der Waals surface area contributed by atoms with Crippen LogP contribution in [-0.2, 0) is 36.5 Å². The first-order chi connectivity index (χ1) is 24.0. The molecule has 3 aliphatic rings. The zero-order valence-corrected chi connectivity index (χ0v) is 30.0. The maximum atomic E-state index is 14.7. The smallest absolute Gasteiger partial charge is 0.416 e. The number of pyridine rings is 1. The summed E-state index contributed by atoms with van der Waals surface area (Å²) in [5.74, 6) is 1.04. The number of likely N-dealkylation sites (tertiary alicyclic amines) is 1. The summed E-state index contributed by atoms with van der Waals surface area (Å²) < 4.78 is 51.6. The maximum Gasteiger partial charge on any atom is 0.416 e. The van der Waals surface area contributed by atoms with Crippen LogP contribution in [-0.4, -0.2) is 61.9 Å². The Kier molecular flexibility index (Phi) is 9.65. The van der Waals surface area contributed by atoms with Crippen LogP contribution >= 0.6 is 0 Å². The van der Waals surface area contributed by atoms with Crippen LogP contribution in [0.1, 0.15) is 105 Å². The molecule has 2 amide bonds. The number of aryl methyl sites for hydroxylation is 1. The molecule has 0 N–H and O–H groups in total. The van der Waals surface area contributed by atoms with Crippen LogP contribution < -0.4 is 9.80 Å². The van der Waals surface area contributed by atoms with Crippen molar-refractivity contribution in [3.8, 4) is 6.07 Å². The lowest BCUT2D eigenvalue weighted by Gasteiger charge is -2.46. The van der Waals surface area contributed by atoms with Gasteiger partial charge in [-0.3, -0.25) is 19.5 Å². The molecule has 1 atom stereocenters. The fourth-order valence-electron chi connectivity index (χ4n) is 7.91. The fraction of sp³-hybridized carbons (Fsp3) is 0.568. The van der Waals surface area contributed by atoms with Gasteiger partial charge in [-0.1, -0.05) is 13.8 Å². The molecule has 4 heterocycles. The SMILES string of the molecule is CC1CC(c2cc(N(CCC#N)C(=O)OC(C)(C)C)nc(N3Cc4c(cc(CN5CCC[C@H](C)C5)cc4C(F)(F)F)C3=O)c2)(c2nncn2C)C1. The van der Waals surface area contributed by atoms with Gasteiger partial charge in [0.2, 0.25) is 0 Å². The number of aromatic nitrogens is 4. The largest absolute Gasteiger partial charge is 0.443 e. The molecule has 2 aliphatic heterocycles. The molecule has 2 aromatic heterocycles. The third-order valence-electron chi connectivity index (χ3n) is 10.1. The molecular formula is C37H45F3N8O3. The number of amides is 2. The van der Waals surface area contributed by atoms with Crippen LogP contribution in [0.3, 0.4) is 0 Å². The first-order valence-electron chi connectivity index (χ1n) is 17.5. The number of nitriles is 1. The summed E-state index contributed by atoms with van der Waals surface area (Å²) in [5.41, 5.74) is -1.36. The van der Waals surface area contributed by atoms with Gasteiger partial charge in [-0.15, -0.1) is 10.2 Å². The van der Waals surface area contributed by atoms with Gasteiger partial charge in [0.05, 0.1) is 30.0 Å². The van der Waals surface area contributed by atoms with Crippen molar-refractivity contribution >= 4 is 23.6 Å². The van der Waals surface area contributed by atoms with Gasteiger partial charge in [0.25, 0.3) is 5.91 Å². The highest BCUT2D eigenvalue weighted by atomic mass is 19.4. The van der Waals surface area contributed by atoms with Gasteiger partial charge < -0.3 is 9.30 Å². The molecule has 3 aromatic rings. The average Bonchev–Trinajstić information content (AvgIpc) is 3.60. The van der Waals surface area contributed by atoms with Gasteiger partial charge in [0.15, 0.2) is 0 Å². The number of halogens is 3. The van der Waals surface area contributed by atoms with E-state index in [9.17, 15) is 28.0 Å². The predicted octanol–water partition coefficient (Wildman–Crippen LogP) is 6.99. The zero-order chi connectivity index (χ0) is 36.9. The molecule has 1 aromatic carbocycles. The molecule has 1 saturated heterocycles. The highest BCUT2D eigenvalue weighted by Crippen LogP contribution is 2.53. The molecule has 0 unspecified atom stereocenters. The molecule has 2 fully saturated rings. The van der Waals surface area contributed by atoms with Crippen molar-refractivity contribution < 1.29 is 27.5 Å². The van der Waals surface area contributed by atoms with E-state index in [4.69, 9.17) is 9.72 Å². The van der Waals surface area contributed by atoms with Crippen molar-refractivity contribution in [3.05, 3.63) is 64.2 Å². The lowest BCUT2D eigenvalue weighted by atomic mass is 9.58. The second-order valence-electron chi connectivity index (χ2n) is 15.5. The van der Waals surface area contributed by atoms with Gasteiger partial charge in [0, 0.05) is 32.2 Å². The van der Waals surface area contributed by atoms with E-state index in [2.05, 4.69) is 35.0 Å². The molecule has 0 bridgehead atoms. The summed E-state index contributed by atoms with van der Waals surface area (Å²) in [5, 5.41) is 18.0. The summed E-state index contributed by atoms with van der Waals surface area (Å²) in [6.45, 7) is 10.9. The Morgan fingerprint density at radius 1 is 1.14 bits per heavy atom. The Bertz CT molecular complexity index is 1850. The van der Waals surface area contributed by atoms with Crippen molar-refractivity contribution in [1.82, 2.24) is 24.6 Å². The molecular weight excluding hydrogens is 661 g/mol. The number of piperidine rings is 1. The maximum absolute atomic E-state index is 14.7. The lowest BCUT2D eigenvalue weighted by molar-refractivity contribution is -0.138. The van der Waals surface area contributed by atoms with Crippen LogP contribution in [0.15, 0.2) is 30.6 Å². The van der Waals surface area contributed by atoms with E-state index in [1.165, 1.54) is 15.9 Å². The lowest BCUT2D eigenvalue weighted by Crippen LogP contribution is -2.44. The van der Waals surface area contributed by atoms with Crippen molar-refractivity contribution in [2.24, 2.45) is 18.9 Å². The Morgan fingerprint density at radius 3 is 2.49 bits per heavy atom. The van der Waals surface area contributed by atoms with Crippen molar-refractivity contribution in [2.75, 3.05) is 29.4 Å². The second kappa shape index (κ2) is 13.6. The molecule has 1 saturated carbocycles. The number of anilines is 2. The number of ether oxygens (including phenoxy) is 1. The zero-order valence-electron chi connectivity index (χ0n) is 30.0. The number of fused-ring (bicyclic) bond motifs is 1. The first kappa shape index (κ1) is 36.3. The first-order valence-corrected chi connectivity index (χ1v) is 17.5. The third kappa shape index (κ3) is 7.31. The predicted molar refractivity (Wildman–Crippen MR) is 184 cm³/mol. The topological polar surface area (TPSA) is 120 Å². The number of carbonyl (C=O) groups excluding carboxylic acids is 2. The monoisotopic (exact) mass is 706 g/mol. The highest BCUT2D eigenvalue weighted by molar-refractivity contribution is 6.10. The van der Waals surface area contributed by atoms with Crippen molar-refractivity contribution in [3.63, 3.8) is 0 Å². The summed E-state index contributed by atoms with van der Waals surface area (Å²) in [7, 11) is 1.84. The molecule has 0 radical (unpaired) electrons. The van der Waals surface area contributed by atoms with Gasteiger partial charge in [-0.25, -0.2) is 9.78 Å². The quantitative estimate of drug-likeness (QED) is 0.246. The van der Waals surface area contributed by atoms with Gasteiger partial charge >= 0.3 is 12.3 Å². The van der Waals surface area contributed by atoms with E-state index in [0.717, 1.165) is 25.9 Å². The van der Waals surface area contributed by atoms with E-state index in [1.54, 1.807) is 45.3 Å². The highest BCUT2D eigenvalue weighted by Gasteiger charge is 2.49. The molecule has 0 spiro atoms. The molecule has 51 heavy (non-hydrogen) atoms. The molecule has 272 valence electrons. The Morgan fingerprint density at radius 2 is 1.88 bits per heavy atom. The molecule has 1 aliphatic carbocycles. The third-order valence-corrected chi connectivity index (χ3v) is 10.1. The van der Waals surface area contributed by atoms with Crippen LogP contribution in [0.25, 0.3) is 0 Å². The standard InChI is InChI=1S/C37H45F3N8O3/c1-23-9-7-11-46(19-23)20-25-13-27-28(29(14-25)37(38,39)40)21-48(32(27)49)31-16-26(36(17-24(2)18-36)33-44-42-22-45(33)6)15-30(43-31)47(12-8-10-41)34(50)51-35(3,4)5/h13-16,22-24H,7-9,11-12,17-21H2,1-6H3/t23-,24?,36?/m0/s1. The number of carbonyl (C=O) groups is 2. The molecule has 14 heteroatoms. The van der Waals surface area contributed by atoms with Gasteiger partial charge in [-0.2, -0.15) is 18.4 Å². The summed E-state index contributed by atoms with van der Waals surface area (Å²) in [6.07, 6.45) is -0.454. The van der Waals surface area contributed by atoms with Crippen molar-refractivity contribution in [2.45, 2.75) is 97.0 Å². The van der Waals surface area contributed by atoms with Crippen LogP contribution in [0.5, 0.6) is 0 Å². The number of benzene rings is 1. The number of alkyl halides is 3. The number of rotatable bonds is 8. The van der Waals surface area contributed by atoms with E-state index < -0.39 is 34.8 Å². The minimum absolute atomic E-state index is 0.00704. The van der Waals surface area contributed by atoms with E-state index in [-0.39, 0.29) is 42.3 Å². The minimum atomic E-state index is -4.69. The van der Waals surface area contributed by atoms with Gasteiger partial charge in [-0.05, 0) is 106 Å². The summed E-state index contributed by atoms with van der Waals surface area (Å²) in [4.78, 5) is 37.3. The average molecular weight is 707 g/mol. The van der Waals surface area contributed by atoms with Crippen LogP contribution in [0.4, 0.5) is 29.6 Å². The van der Waals surface area contributed by atoms with Crippen LogP contribution in [0, 0.1) is 23.2 Å². The number of hydrogen-bond donors (Lipinski definition) is 0. The van der Waals surface area contributed by atoms with Crippen LogP contribution in [0.2, 0.25) is 0 Å². The Labute approximate surface area is 296 Å². The summed E-state index contributed by atoms with van der Waals surface area (Å²) >= 11 is 0. The fourth-order valence-corrected chi connectivity index (χ4v) is 7.91. The van der Waals surface area contributed by atoms with Crippen molar-refractivity contribution in [1.29, 1.82) is 5.26 Å². The Balaban J connectivity index is 1.47. The van der Waals surface area contributed by atoms with E-state index >= 15 is 0 Å². The molecule has 11 nitrogen and oxygen atoms in total. The Hall–Kier alpha value is -4.51. The number of hydrogen-bond acceptors (Lipinski definition) is 8. The molecule has 6 rings (SSSR count). The minimum Gasteiger partial charge on any atom is -0.443 e. The summed E-state index contributed by atoms with van der Waals surface area (Å²) in [6, 6.07) is 8.28. The van der Waals surface area contributed by atoms with Gasteiger partial charge in [0.1, 0.15) is 29.4 Å². The normalized spacial score (nSPS) is 22.4.